The Morgan fingerprint density at radius 2 is 1.78 bits per heavy atom. The Hall–Kier alpha value is -0.830. The lowest BCUT2D eigenvalue weighted by molar-refractivity contribution is 0.691. The molecule has 18 heavy (non-hydrogen) atoms. The lowest BCUT2D eigenvalue weighted by atomic mass is 10.1. The Bertz CT molecular complexity index is 523. The van der Waals surface area contributed by atoms with Gasteiger partial charge in [-0.15, -0.1) is 0 Å². The van der Waals surface area contributed by atoms with Gasteiger partial charge in [0.15, 0.2) is 0 Å². The summed E-state index contributed by atoms with van der Waals surface area (Å²) >= 11 is 9.43. The summed E-state index contributed by atoms with van der Waals surface area (Å²) in [6, 6.07) is 14.4. The molecule has 1 N–H and O–H groups in total. The van der Waals surface area contributed by atoms with E-state index < -0.39 is 0 Å². The predicted octanol–water partition coefficient (Wildman–Crippen LogP) is 4.70. The normalized spacial score (nSPS) is 10.6. The van der Waals surface area contributed by atoms with Gasteiger partial charge in [0.05, 0.1) is 0 Å². The van der Waals surface area contributed by atoms with E-state index in [1.54, 1.807) is 0 Å². The highest BCUT2D eigenvalue weighted by Crippen LogP contribution is 2.21. The Morgan fingerprint density at radius 3 is 2.44 bits per heavy atom. The number of benzene rings is 2. The second-order valence-electron chi connectivity index (χ2n) is 4.32. The minimum Gasteiger partial charge on any atom is -0.309 e. The molecule has 0 heterocycles. The molecule has 2 rings (SSSR count). The molecule has 2 aromatic rings. The standard InChI is InChI=1S/C15H15BrClN/c1-11-2-4-12(5-3-11)9-18-10-13-6-7-14(17)8-15(13)16/h2-8,18H,9-10H2,1H3. The Balaban J connectivity index is 1.90. The SMILES string of the molecule is Cc1ccc(CNCc2ccc(Cl)cc2Br)cc1. The van der Waals surface area contributed by atoms with Crippen LogP contribution in [0.25, 0.3) is 0 Å². The van der Waals surface area contributed by atoms with Gasteiger partial charge in [-0.3, -0.25) is 0 Å². The molecule has 0 amide bonds. The topological polar surface area (TPSA) is 12.0 Å². The van der Waals surface area contributed by atoms with E-state index in [1.165, 1.54) is 16.7 Å². The first-order valence-electron chi connectivity index (χ1n) is 5.85. The third-order valence-corrected chi connectivity index (χ3v) is 3.75. The molecule has 0 spiro atoms. The molecule has 0 fully saturated rings. The van der Waals surface area contributed by atoms with E-state index in [-0.39, 0.29) is 0 Å². The first kappa shape index (κ1) is 13.6. The number of aryl methyl sites for hydroxylation is 1. The minimum absolute atomic E-state index is 0.754. The van der Waals surface area contributed by atoms with Crippen molar-refractivity contribution >= 4 is 27.5 Å². The molecule has 0 aliphatic rings. The fourth-order valence-electron chi connectivity index (χ4n) is 1.71. The van der Waals surface area contributed by atoms with E-state index in [2.05, 4.69) is 52.4 Å². The Morgan fingerprint density at radius 1 is 1.06 bits per heavy atom. The van der Waals surface area contributed by atoms with Gasteiger partial charge in [-0.1, -0.05) is 63.4 Å². The maximum Gasteiger partial charge on any atom is 0.0417 e. The molecule has 3 heteroatoms. The van der Waals surface area contributed by atoms with Crippen LogP contribution in [0.15, 0.2) is 46.9 Å². The lowest BCUT2D eigenvalue weighted by Crippen LogP contribution is -2.12. The summed E-state index contributed by atoms with van der Waals surface area (Å²) < 4.78 is 1.05. The summed E-state index contributed by atoms with van der Waals surface area (Å²) in [5.74, 6) is 0. The molecule has 0 saturated carbocycles. The van der Waals surface area contributed by atoms with Crippen molar-refractivity contribution < 1.29 is 0 Å². The summed E-state index contributed by atoms with van der Waals surface area (Å²) in [4.78, 5) is 0. The number of rotatable bonds is 4. The molecule has 0 unspecified atom stereocenters. The summed E-state index contributed by atoms with van der Waals surface area (Å²) in [5, 5.41) is 4.18. The van der Waals surface area contributed by atoms with E-state index in [9.17, 15) is 0 Å². The molecule has 0 aliphatic heterocycles. The van der Waals surface area contributed by atoms with Crippen LogP contribution in [0, 0.1) is 6.92 Å². The van der Waals surface area contributed by atoms with Crippen LogP contribution >= 0.6 is 27.5 Å². The number of hydrogen-bond donors (Lipinski definition) is 1. The van der Waals surface area contributed by atoms with Gasteiger partial charge >= 0.3 is 0 Å². The average Bonchev–Trinajstić information content (AvgIpc) is 2.34. The molecule has 2 aromatic carbocycles. The van der Waals surface area contributed by atoms with Crippen molar-refractivity contribution in [2.75, 3.05) is 0 Å². The van der Waals surface area contributed by atoms with Gasteiger partial charge in [0.25, 0.3) is 0 Å². The van der Waals surface area contributed by atoms with Crippen molar-refractivity contribution in [2.24, 2.45) is 0 Å². The van der Waals surface area contributed by atoms with Gasteiger partial charge in [0, 0.05) is 22.6 Å². The monoisotopic (exact) mass is 323 g/mol. The number of nitrogens with one attached hydrogen (secondary N) is 1. The summed E-state index contributed by atoms with van der Waals surface area (Å²) in [5.41, 5.74) is 3.80. The van der Waals surface area contributed by atoms with E-state index in [0.717, 1.165) is 22.6 Å². The Labute approximate surface area is 121 Å². The van der Waals surface area contributed by atoms with Gasteiger partial charge in [0.1, 0.15) is 0 Å². The van der Waals surface area contributed by atoms with Crippen LogP contribution in [-0.4, -0.2) is 0 Å². The fraction of sp³-hybridized carbons (Fsp3) is 0.200. The molecule has 0 aliphatic carbocycles. The van der Waals surface area contributed by atoms with Gasteiger partial charge in [-0.05, 0) is 30.2 Å². The van der Waals surface area contributed by atoms with Crippen LogP contribution in [0.2, 0.25) is 5.02 Å². The van der Waals surface area contributed by atoms with Crippen LogP contribution < -0.4 is 5.32 Å². The highest BCUT2D eigenvalue weighted by atomic mass is 79.9. The van der Waals surface area contributed by atoms with Gasteiger partial charge in [-0.2, -0.15) is 0 Å². The zero-order valence-electron chi connectivity index (χ0n) is 10.2. The molecule has 0 atom stereocenters. The van der Waals surface area contributed by atoms with Crippen molar-refractivity contribution in [1.29, 1.82) is 0 Å². The van der Waals surface area contributed by atoms with E-state index in [0.29, 0.717) is 0 Å². The second kappa shape index (κ2) is 6.37. The average molecular weight is 325 g/mol. The molecule has 0 radical (unpaired) electrons. The largest absolute Gasteiger partial charge is 0.309 e. The van der Waals surface area contributed by atoms with Gasteiger partial charge in [0.2, 0.25) is 0 Å². The molecular formula is C15H15BrClN. The highest BCUT2D eigenvalue weighted by molar-refractivity contribution is 9.10. The van der Waals surface area contributed by atoms with Crippen LogP contribution in [-0.2, 0) is 13.1 Å². The molecule has 0 saturated heterocycles. The maximum atomic E-state index is 5.91. The first-order valence-corrected chi connectivity index (χ1v) is 7.02. The smallest absolute Gasteiger partial charge is 0.0417 e. The lowest BCUT2D eigenvalue weighted by Gasteiger charge is -2.07. The zero-order valence-corrected chi connectivity index (χ0v) is 12.6. The Kier molecular flexibility index (Phi) is 4.81. The van der Waals surface area contributed by atoms with Crippen molar-refractivity contribution in [3.05, 3.63) is 68.7 Å². The third-order valence-electron chi connectivity index (χ3n) is 2.78. The molecular weight excluding hydrogens is 310 g/mol. The summed E-state index contributed by atoms with van der Waals surface area (Å²) in [6.07, 6.45) is 0. The quantitative estimate of drug-likeness (QED) is 0.859. The first-order chi connectivity index (χ1) is 8.65. The van der Waals surface area contributed by atoms with Gasteiger partial charge in [-0.25, -0.2) is 0 Å². The van der Waals surface area contributed by atoms with Crippen LogP contribution in [0.1, 0.15) is 16.7 Å². The maximum absolute atomic E-state index is 5.91. The van der Waals surface area contributed by atoms with Crippen molar-refractivity contribution in [3.8, 4) is 0 Å². The van der Waals surface area contributed by atoms with Crippen molar-refractivity contribution in [1.82, 2.24) is 5.32 Å². The third kappa shape index (κ3) is 3.84. The molecule has 0 bridgehead atoms. The van der Waals surface area contributed by atoms with Crippen molar-refractivity contribution in [3.63, 3.8) is 0 Å². The van der Waals surface area contributed by atoms with E-state index in [1.807, 2.05) is 18.2 Å². The minimum atomic E-state index is 0.754. The summed E-state index contributed by atoms with van der Waals surface area (Å²) in [6.45, 7) is 3.79. The molecule has 1 nitrogen and oxygen atoms in total. The van der Waals surface area contributed by atoms with E-state index >= 15 is 0 Å². The molecule has 0 aromatic heterocycles. The fourth-order valence-corrected chi connectivity index (χ4v) is 2.54. The van der Waals surface area contributed by atoms with Gasteiger partial charge < -0.3 is 5.32 Å². The number of halogens is 2. The highest BCUT2D eigenvalue weighted by Gasteiger charge is 2.00. The zero-order chi connectivity index (χ0) is 13.0. The van der Waals surface area contributed by atoms with Crippen molar-refractivity contribution in [2.45, 2.75) is 20.0 Å². The second-order valence-corrected chi connectivity index (χ2v) is 5.62. The number of hydrogen-bond acceptors (Lipinski definition) is 1. The summed E-state index contributed by atoms with van der Waals surface area (Å²) in [7, 11) is 0. The molecule has 94 valence electrons. The predicted molar refractivity (Wildman–Crippen MR) is 80.9 cm³/mol. The van der Waals surface area contributed by atoms with Crippen LogP contribution in [0.3, 0.4) is 0 Å². The van der Waals surface area contributed by atoms with E-state index in [4.69, 9.17) is 11.6 Å². The van der Waals surface area contributed by atoms with Crippen LogP contribution in [0.4, 0.5) is 0 Å². The van der Waals surface area contributed by atoms with Crippen LogP contribution in [0.5, 0.6) is 0 Å².